The van der Waals surface area contributed by atoms with E-state index < -0.39 is 17.8 Å². The van der Waals surface area contributed by atoms with Gasteiger partial charge in [0.15, 0.2) is 5.70 Å². The smallest absolute Gasteiger partial charge is 0.376 e. The SMILES string of the molecule is COc1ccc(N2NOC(=O)/C2=C\C(=NC(=O)c2ccccc2)C(=O)N2CCN(c3cc(C)ccc3C)CC2)cc1. The predicted octanol–water partition coefficient (Wildman–Crippen LogP) is 3.61. The van der Waals surface area contributed by atoms with Gasteiger partial charge >= 0.3 is 5.97 Å². The second-order valence-corrected chi connectivity index (χ2v) is 9.78. The fraction of sp³-hybridized carbons (Fsp3) is 0.226. The zero-order chi connectivity index (χ0) is 28.9. The molecule has 210 valence electrons. The highest BCUT2D eigenvalue weighted by Crippen LogP contribution is 2.26. The molecule has 2 heterocycles. The summed E-state index contributed by atoms with van der Waals surface area (Å²) in [6.07, 6.45) is 1.30. The fourth-order valence-electron chi connectivity index (χ4n) is 4.72. The molecule has 0 aliphatic carbocycles. The summed E-state index contributed by atoms with van der Waals surface area (Å²) in [6.45, 7) is 6.22. The number of rotatable bonds is 6. The zero-order valence-corrected chi connectivity index (χ0v) is 23.2. The molecule has 0 aromatic heterocycles. The Labute approximate surface area is 238 Å². The molecule has 1 N–H and O–H groups in total. The average Bonchev–Trinajstić information content (AvgIpc) is 3.37. The van der Waals surface area contributed by atoms with E-state index in [2.05, 4.69) is 47.5 Å². The standard InChI is InChI=1S/C31H31N5O5/c1-21-9-10-22(2)27(19-21)34-15-17-35(18-16-34)30(38)26(32-29(37)23-7-5-4-6-8-23)20-28-31(39)41-33-36(28)24-11-13-25(40-3)14-12-24/h4-14,19-20,33H,15-18H2,1-3H3/b28-20+,32-26?. The summed E-state index contributed by atoms with van der Waals surface area (Å²) >= 11 is 0. The van der Waals surface area contributed by atoms with Gasteiger partial charge in [-0.3, -0.25) is 9.59 Å². The molecule has 2 saturated heterocycles. The molecule has 10 heteroatoms. The predicted molar refractivity (Wildman–Crippen MR) is 156 cm³/mol. The van der Waals surface area contributed by atoms with Crippen LogP contribution in [-0.2, 0) is 14.4 Å². The van der Waals surface area contributed by atoms with E-state index >= 15 is 0 Å². The van der Waals surface area contributed by atoms with Crippen LogP contribution in [0.4, 0.5) is 11.4 Å². The second kappa shape index (κ2) is 12.1. The fourth-order valence-corrected chi connectivity index (χ4v) is 4.72. The monoisotopic (exact) mass is 553 g/mol. The molecule has 3 aromatic rings. The number of benzene rings is 3. The van der Waals surface area contributed by atoms with Gasteiger partial charge < -0.3 is 19.4 Å². The third kappa shape index (κ3) is 6.12. The van der Waals surface area contributed by atoms with E-state index in [1.807, 2.05) is 0 Å². The number of carbonyl (C=O) groups excluding carboxylic acids is 3. The number of aryl methyl sites for hydroxylation is 2. The molecule has 5 rings (SSSR count). The van der Waals surface area contributed by atoms with Crippen LogP contribution in [0.3, 0.4) is 0 Å². The summed E-state index contributed by atoms with van der Waals surface area (Å²) in [5.74, 6) is -1.11. The summed E-state index contributed by atoms with van der Waals surface area (Å²) in [5.41, 5.74) is 6.78. The Morgan fingerprint density at radius 1 is 0.951 bits per heavy atom. The number of amides is 2. The Kier molecular flexibility index (Phi) is 8.11. The van der Waals surface area contributed by atoms with Crippen LogP contribution in [0.2, 0.25) is 0 Å². The highest BCUT2D eigenvalue weighted by molar-refractivity contribution is 6.45. The minimum Gasteiger partial charge on any atom is -0.497 e. The molecule has 0 unspecified atom stereocenters. The number of ether oxygens (including phenoxy) is 1. The van der Waals surface area contributed by atoms with E-state index in [0.29, 0.717) is 43.2 Å². The maximum Gasteiger partial charge on any atom is 0.376 e. The Morgan fingerprint density at radius 3 is 2.34 bits per heavy atom. The number of aliphatic imine (C=N–C) groups is 1. The van der Waals surface area contributed by atoms with Crippen molar-refractivity contribution in [3.8, 4) is 5.75 Å². The summed E-state index contributed by atoms with van der Waals surface area (Å²) in [5, 5.41) is 1.38. The van der Waals surface area contributed by atoms with E-state index in [0.717, 1.165) is 5.69 Å². The molecule has 0 atom stereocenters. The largest absolute Gasteiger partial charge is 0.497 e. The van der Waals surface area contributed by atoms with Crippen molar-refractivity contribution in [2.24, 2.45) is 4.99 Å². The molecular weight excluding hydrogens is 522 g/mol. The number of nitrogens with one attached hydrogen (secondary N) is 1. The van der Waals surface area contributed by atoms with Crippen molar-refractivity contribution in [3.63, 3.8) is 0 Å². The van der Waals surface area contributed by atoms with Gasteiger partial charge in [-0.2, -0.15) is 0 Å². The minimum absolute atomic E-state index is 0.0113. The number of nitrogens with zero attached hydrogens (tertiary/aromatic N) is 4. The van der Waals surface area contributed by atoms with E-state index in [1.165, 1.54) is 22.2 Å². The third-order valence-electron chi connectivity index (χ3n) is 7.02. The summed E-state index contributed by atoms with van der Waals surface area (Å²) in [7, 11) is 1.56. The number of anilines is 2. The van der Waals surface area contributed by atoms with Gasteiger partial charge in [0.1, 0.15) is 11.5 Å². The van der Waals surface area contributed by atoms with Crippen LogP contribution in [0.25, 0.3) is 0 Å². The van der Waals surface area contributed by atoms with Crippen molar-refractivity contribution >= 4 is 34.9 Å². The molecule has 41 heavy (non-hydrogen) atoms. The molecule has 0 saturated carbocycles. The van der Waals surface area contributed by atoms with Crippen molar-refractivity contribution in [2.75, 3.05) is 43.2 Å². The highest BCUT2D eigenvalue weighted by Gasteiger charge is 2.32. The first-order valence-corrected chi connectivity index (χ1v) is 13.3. The molecule has 2 fully saturated rings. The lowest BCUT2D eigenvalue weighted by Gasteiger charge is -2.37. The first-order chi connectivity index (χ1) is 19.8. The lowest BCUT2D eigenvalue weighted by atomic mass is 10.1. The van der Waals surface area contributed by atoms with E-state index in [4.69, 9.17) is 9.57 Å². The van der Waals surface area contributed by atoms with Gasteiger partial charge in [-0.15, -0.1) is 0 Å². The highest BCUT2D eigenvalue weighted by atomic mass is 16.7. The quantitative estimate of drug-likeness (QED) is 0.365. The van der Waals surface area contributed by atoms with Crippen molar-refractivity contribution in [3.05, 3.63) is 101 Å². The number of carbonyl (C=O) groups is 3. The van der Waals surface area contributed by atoms with Gasteiger partial charge in [0.2, 0.25) is 0 Å². The molecule has 0 spiro atoms. The number of hydrogen-bond donors (Lipinski definition) is 1. The zero-order valence-electron chi connectivity index (χ0n) is 23.2. The van der Waals surface area contributed by atoms with Gasteiger partial charge in [0, 0.05) is 43.5 Å². The summed E-state index contributed by atoms with van der Waals surface area (Å²) in [6, 6.07) is 21.7. The molecular formula is C31H31N5O5. The number of methoxy groups -OCH3 is 1. The summed E-state index contributed by atoms with van der Waals surface area (Å²) < 4.78 is 5.21. The maximum atomic E-state index is 13.8. The van der Waals surface area contributed by atoms with Crippen LogP contribution in [-0.4, -0.2) is 61.7 Å². The normalized spacial score (nSPS) is 16.7. The molecule has 2 amide bonds. The van der Waals surface area contributed by atoms with Crippen molar-refractivity contribution in [1.82, 2.24) is 10.5 Å². The molecule has 10 nitrogen and oxygen atoms in total. The van der Waals surface area contributed by atoms with Gasteiger partial charge in [-0.05, 0) is 67.4 Å². The van der Waals surface area contributed by atoms with Gasteiger partial charge in [0.05, 0.1) is 12.8 Å². The van der Waals surface area contributed by atoms with Gasteiger partial charge in [-0.1, -0.05) is 35.9 Å². The van der Waals surface area contributed by atoms with E-state index in [9.17, 15) is 14.4 Å². The Bertz CT molecular complexity index is 1510. The average molecular weight is 554 g/mol. The molecule has 3 aromatic carbocycles. The van der Waals surface area contributed by atoms with Gasteiger partial charge in [0.25, 0.3) is 11.8 Å². The van der Waals surface area contributed by atoms with Crippen LogP contribution in [0.5, 0.6) is 5.75 Å². The third-order valence-corrected chi connectivity index (χ3v) is 7.02. The molecule has 2 aliphatic heterocycles. The lowest BCUT2D eigenvalue weighted by molar-refractivity contribution is -0.140. The van der Waals surface area contributed by atoms with Crippen LogP contribution in [0, 0.1) is 13.8 Å². The molecule has 0 bridgehead atoms. The number of hydrogen-bond acceptors (Lipinski definition) is 8. The molecule has 2 aliphatic rings. The second-order valence-electron chi connectivity index (χ2n) is 9.78. The number of hydrazine groups is 1. The van der Waals surface area contributed by atoms with Crippen LogP contribution >= 0.6 is 0 Å². The molecule has 0 radical (unpaired) electrons. The Balaban J connectivity index is 1.44. The first-order valence-electron chi connectivity index (χ1n) is 13.3. The topological polar surface area (TPSA) is 104 Å². The van der Waals surface area contributed by atoms with Crippen LogP contribution in [0.1, 0.15) is 21.5 Å². The van der Waals surface area contributed by atoms with E-state index in [-0.39, 0.29) is 11.4 Å². The minimum atomic E-state index is -0.715. The van der Waals surface area contributed by atoms with Crippen molar-refractivity contribution < 1.29 is 24.0 Å². The Hall–Kier alpha value is -4.96. The van der Waals surface area contributed by atoms with Crippen LogP contribution < -0.4 is 20.2 Å². The summed E-state index contributed by atoms with van der Waals surface area (Å²) in [4.78, 5) is 52.8. The van der Waals surface area contributed by atoms with Crippen LogP contribution in [0.15, 0.2) is 89.6 Å². The van der Waals surface area contributed by atoms with Gasteiger partial charge in [-0.25, -0.2) is 14.8 Å². The van der Waals surface area contributed by atoms with Crippen molar-refractivity contribution in [1.29, 1.82) is 0 Å². The number of piperazine rings is 1. The Morgan fingerprint density at radius 2 is 1.66 bits per heavy atom. The first kappa shape index (κ1) is 27.6. The van der Waals surface area contributed by atoms with Crippen molar-refractivity contribution in [2.45, 2.75) is 13.8 Å². The maximum absolute atomic E-state index is 13.8. The van der Waals surface area contributed by atoms with E-state index in [1.54, 1.807) is 66.6 Å². The lowest BCUT2D eigenvalue weighted by Crippen LogP contribution is -2.50.